The summed E-state index contributed by atoms with van der Waals surface area (Å²) in [6, 6.07) is 4.11. The van der Waals surface area contributed by atoms with Crippen LogP contribution in [0.15, 0.2) is 18.2 Å². The highest BCUT2D eigenvalue weighted by Crippen LogP contribution is 2.39. The number of methoxy groups -OCH3 is 2. The molecule has 0 aliphatic rings. The van der Waals surface area contributed by atoms with Gasteiger partial charge in [0.25, 0.3) is 0 Å². The average Bonchev–Trinajstić information content (AvgIpc) is 2.75. The molecule has 0 saturated carbocycles. The molecule has 0 aliphatic heterocycles. The second kappa shape index (κ2) is 11.4. The quantitative estimate of drug-likeness (QED) is 0.184. The summed E-state index contributed by atoms with van der Waals surface area (Å²) in [5, 5.41) is 11.6. The largest absolute Gasteiger partial charge is 0.481 e. The highest BCUT2D eigenvalue weighted by Gasteiger charge is 2.31. The van der Waals surface area contributed by atoms with Crippen molar-refractivity contribution in [1.82, 2.24) is 9.97 Å². The lowest BCUT2D eigenvalue weighted by Crippen LogP contribution is -2.23. The van der Waals surface area contributed by atoms with Crippen molar-refractivity contribution in [1.29, 1.82) is 0 Å². The van der Waals surface area contributed by atoms with Gasteiger partial charge in [-0.2, -0.15) is 9.97 Å². The van der Waals surface area contributed by atoms with E-state index in [9.17, 15) is 19.7 Å². The first-order chi connectivity index (χ1) is 15.9. The maximum Gasteiger partial charge on any atom is 0.346 e. The van der Waals surface area contributed by atoms with Gasteiger partial charge < -0.3 is 23.7 Å². The number of nitro benzene ring substituents is 1. The molecule has 0 spiro atoms. The van der Waals surface area contributed by atoms with E-state index in [1.165, 1.54) is 33.3 Å². The van der Waals surface area contributed by atoms with Crippen LogP contribution in [0.5, 0.6) is 29.3 Å². The Hall–Kier alpha value is -3.74. The molecule has 0 aliphatic carbocycles. The fourth-order valence-corrected chi connectivity index (χ4v) is 3.27. The van der Waals surface area contributed by atoms with Gasteiger partial charge in [0.15, 0.2) is 11.3 Å². The topological polar surface area (TPSA) is 149 Å². The highest BCUT2D eigenvalue weighted by molar-refractivity contribution is 6.76. The Morgan fingerprint density at radius 2 is 1.71 bits per heavy atom. The van der Waals surface area contributed by atoms with Crippen molar-refractivity contribution in [3.63, 3.8) is 0 Å². The van der Waals surface area contributed by atoms with Gasteiger partial charge >= 0.3 is 17.7 Å². The number of carbonyl (C=O) groups is 2. The fourth-order valence-electron chi connectivity index (χ4n) is 2.55. The molecule has 1 aromatic carbocycles. The second-order valence-corrected chi connectivity index (χ2v) is 13.9. The molecule has 2 aromatic rings. The molecule has 0 amide bonds. The summed E-state index contributed by atoms with van der Waals surface area (Å²) < 4.78 is 26.6. The number of carbonyl (C=O) groups excluding carboxylic acids is 2. The van der Waals surface area contributed by atoms with Crippen LogP contribution in [0.1, 0.15) is 17.3 Å². The third kappa shape index (κ3) is 7.40. The number of ether oxygens (including phenoxy) is 5. The smallest absolute Gasteiger partial charge is 0.346 e. The number of nitro groups is 1. The number of nitrogens with zero attached hydrogens (tertiary/aromatic N) is 3. The van der Waals surface area contributed by atoms with Crippen molar-refractivity contribution in [2.24, 2.45) is 0 Å². The monoisotopic (exact) mass is 493 g/mol. The van der Waals surface area contributed by atoms with E-state index in [1.54, 1.807) is 0 Å². The van der Waals surface area contributed by atoms with Gasteiger partial charge in [-0.15, -0.1) is 0 Å². The minimum Gasteiger partial charge on any atom is -0.481 e. The van der Waals surface area contributed by atoms with Gasteiger partial charge in [-0.05, 0) is 19.0 Å². The molecule has 1 aromatic heterocycles. The summed E-state index contributed by atoms with van der Waals surface area (Å²) in [7, 11) is 1.23. The van der Waals surface area contributed by atoms with Gasteiger partial charge in [-0.1, -0.05) is 19.6 Å². The predicted molar refractivity (Wildman–Crippen MR) is 123 cm³/mol. The standard InChI is InChI=1S/C21H27N3O9Si/c1-13(25)12-32-19-14(24(27)28)7-8-15(18(19)20(26)31-9-10-34(4,5)6)33-21-22-16(29-2)11-17(23-21)30-3/h7-8,11H,9-10,12H2,1-6H3. The molecule has 0 N–H and O–H groups in total. The zero-order valence-corrected chi connectivity index (χ0v) is 20.9. The van der Waals surface area contributed by atoms with Crippen LogP contribution >= 0.6 is 0 Å². The molecule has 34 heavy (non-hydrogen) atoms. The van der Waals surface area contributed by atoms with Gasteiger partial charge in [0.2, 0.25) is 17.5 Å². The Bertz CT molecular complexity index is 1050. The Morgan fingerprint density at radius 3 is 2.21 bits per heavy atom. The van der Waals surface area contributed by atoms with Crippen LogP contribution in [-0.2, 0) is 9.53 Å². The number of hydrogen-bond acceptors (Lipinski definition) is 11. The van der Waals surface area contributed by atoms with Crippen LogP contribution in [0.25, 0.3) is 0 Å². The lowest BCUT2D eigenvalue weighted by atomic mass is 10.1. The van der Waals surface area contributed by atoms with Crippen molar-refractivity contribution < 1.29 is 38.2 Å². The van der Waals surface area contributed by atoms with E-state index in [0.29, 0.717) is 6.04 Å². The van der Waals surface area contributed by atoms with Crippen LogP contribution in [0.3, 0.4) is 0 Å². The van der Waals surface area contributed by atoms with Gasteiger partial charge in [-0.25, -0.2) is 4.79 Å². The summed E-state index contributed by atoms with van der Waals surface area (Å²) >= 11 is 0. The number of benzene rings is 1. The highest BCUT2D eigenvalue weighted by atomic mass is 28.3. The van der Waals surface area contributed by atoms with Gasteiger partial charge in [-0.3, -0.25) is 14.9 Å². The van der Waals surface area contributed by atoms with Crippen LogP contribution < -0.4 is 18.9 Å². The fraction of sp³-hybridized carbons (Fsp3) is 0.429. The molecule has 0 unspecified atom stereocenters. The van der Waals surface area contributed by atoms with Gasteiger partial charge in [0.05, 0.1) is 31.8 Å². The first-order valence-corrected chi connectivity index (χ1v) is 13.9. The number of esters is 1. The predicted octanol–water partition coefficient (Wildman–Crippen LogP) is 3.66. The molecule has 12 nitrogen and oxygen atoms in total. The normalized spacial score (nSPS) is 10.9. The summed E-state index contributed by atoms with van der Waals surface area (Å²) in [6.45, 7) is 7.18. The van der Waals surface area contributed by atoms with E-state index in [2.05, 4.69) is 29.6 Å². The first kappa shape index (κ1) is 26.5. The molecule has 0 atom stereocenters. The van der Waals surface area contributed by atoms with Crippen LogP contribution in [0.2, 0.25) is 25.7 Å². The minimum atomic E-state index is -1.53. The lowest BCUT2D eigenvalue weighted by molar-refractivity contribution is -0.385. The maximum atomic E-state index is 13.1. The van der Waals surface area contributed by atoms with Crippen LogP contribution in [0, 0.1) is 10.1 Å². The molecule has 0 bridgehead atoms. The summed E-state index contributed by atoms with van der Waals surface area (Å²) in [5.41, 5.74) is -0.897. The Morgan fingerprint density at radius 1 is 1.09 bits per heavy atom. The van der Waals surface area contributed by atoms with E-state index in [4.69, 9.17) is 23.7 Å². The van der Waals surface area contributed by atoms with Crippen molar-refractivity contribution >= 4 is 25.5 Å². The molecule has 1 heterocycles. The molecule has 0 saturated heterocycles. The van der Waals surface area contributed by atoms with Crippen molar-refractivity contribution in [2.45, 2.75) is 32.6 Å². The number of rotatable bonds is 12. The van der Waals surface area contributed by atoms with Crippen molar-refractivity contribution in [3.05, 3.63) is 33.9 Å². The number of ketones is 1. The third-order valence-electron chi connectivity index (χ3n) is 4.28. The molecule has 184 valence electrons. The summed E-state index contributed by atoms with van der Waals surface area (Å²) in [6.07, 6.45) is 0. The van der Waals surface area contributed by atoms with E-state index in [0.717, 1.165) is 6.07 Å². The molecule has 2 rings (SSSR count). The number of hydrogen-bond donors (Lipinski definition) is 0. The van der Waals surface area contributed by atoms with Crippen LogP contribution in [0.4, 0.5) is 5.69 Å². The zero-order valence-electron chi connectivity index (χ0n) is 19.9. The zero-order chi connectivity index (χ0) is 25.5. The Labute approximate surface area is 197 Å². The van der Waals surface area contributed by atoms with E-state index >= 15 is 0 Å². The van der Waals surface area contributed by atoms with E-state index in [-0.39, 0.29) is 35.7 Å². The lowest BCUT2D eigenvalue weighted by Gasteiger charge is -2.17. The number of aromatic nitrogens is 2. The van der Waals surface area contributed by atoms with E-state index in [1.807, 2.05) is 0 Å². The Kier molecular flexibility index (Phi) is 8.89. The maximum absolute atomic E-state index is 13.1. The Balaban J connectivity index is 2.58. The summed E-state index contributed by atoms with van der Waals surface area (Å²) in [5.74, 6) is -1.69. The van der Waals surface area contributed by atoms with Crippen molar-refractivity contribution in [2.75, 3.05) is 27.4 Å². The van der Waals surface area contributed by atoms with Crippen molar-refractivity contribution in [3.8, 4) is 29.3 Å². The average molecular weight is 494 g/mol. The van der Waals surface area contributed by atoms with E-state index < -0.39 is 42.8 Å². The third-order valence-corrected chi connectivity index (χ3v) is 5.99. The first-order valence-electron chi connectivity index (χ1n) is 10.2. The molecule has 0 fully saturated rings. The van der Waals surface area contributed by atoms with Gasteiger partial charge in [0, 0.05) is 14.1 Å². The molecule has 0 radical (unpaired) electrons. The second-order valence-electron chi connectivity index (χ2n) is 8.32. The molecular weight excluding hydrogens is 466 g/mol. The van der Waals surface area contributed by atoms with Gasteiger partial charge in [0.1, 0.15) is 12.4 Å². The number of Topliss-reactive ketones (excluding diaryl/α,β-unsaturated/α-hetero) is 1. The SMILES string of the molecule is COc1cc(OC)nc(Oc2ccc([N+](=O)[O-])c(OCC(C)=O)c2C(=O)OCC[Si](C)(C)C)n1. The molecule has 13 heteroatoms. The molecular formula is C21H27N3O9Si. The summed E-state index contributed by atoms with van der Waals surface area (Å²) in [4.78, 5) is 43.5. The van der Waals surface area contributed by atoms with Crippen LogP contribution in [-0.4, -0.2) is 62.2 Å². The minimum absolute atomic E-state index is 0.103.